The molecule has 0 bridgehead atoms. The van der Waals surface area contributed by atoms with E-state index in [1.807, 2.05) is 4.90 Å². The normalized spacial score (nSPS) is 14.2. The Morgan fingerprint density at radius 2 is 1.90 bits per heavy atom. The van der Waals surface area contributed by atoms with Gasteiger partial charge in [-0.25, -0.2) is 14.2 Å². The number of fused-ring (bicyclic) bond motifs is 1. The van der Waals surface area contributed by atoms with Crippen molar-refractivity contribution in [2.45, 2.75) is 0 Å². The highest BCUT2D eigenvalue weighted by Crippen LogP contribution is 2.38. The highest BCUT2D eigenvalue weighted by Gasteiger charge is 2.27. The summed E-state index contributed by atoms with van der Waals surface area (Å²) >= 11 is 3.41. The predicted molar refractivity (Wildman–Crippen MR) is 113 cm³/mol. The molecule has 3 heterocycles. The second-order valence-corrected chi connectivity index (χ2v) is 7.78. The van der Waals surface area contributed by atoms with Crippen LogP contribution in [-0.4, -0.2) is 40.4 Å². The molecule has 0 radical (unpaired) electrons. The summed E-state index contributed by atoms with van der Waals surface area (Å²) in [5.41, 5.74) is -0.282. The molecule has 1 fully saturated rings. The maximum absolute atomic E-state index is 14.2. The van der Waals surface area contributed by atoms with Gasteiger partial charge in [-0.2, -0.15) is 5.26 Å². The maximum atomic E-state index is 14.2. The summed E-state index contributed by atoms with van der Waals surface area (Å²) in [6, 6.07) is 6.20. The summed E-state index contributed by atoms with van der Waals surface area (Å²) in [7, 11) is 2.87. The molecule has 0 spiro atoms. The molecule has 10 heteroatoms. The molecule has 0 saturated carbocycles. The Bertz CT molecular complexity index is 1340. The third-order valence-corrected chi connectivity index (χ3v) is 5.88. The summed E-state index contributed by atoms with van der Waals surface area (Å²) in [5.74, 6) is -0.181. The molecule has 1 aliphatic heterocycles. The minimum absolute atomic E-state index is 0.0828. The van der Waals surface area contributed by atoms with Crippen molar-refractivity contribution in [3.63, 3.8) is 0 Å². The molecule has 0 aliphatic carbocycles. The number of halogens is 2. The number of ether oxygens (including phenoxy) is 1. The van der Waals surface area contributed by atoms with Gasteiger partial charge in [0.15, 0.2) is 5.65 Å². The van der Waals surface area contributed by atoms with Crippen molar-refractivity contribution < 1.29 is 9.13 Å². The molecule has 0 N–H and O–H groups in total. The lowest BCUT2D eigenvalue weighted by Crippen LogP contribution is -2.40. The number of benzene rings is 1. The van der Waals surface area contributed by atoms with Gasteiger partial charge in [0.2, 0.25) is 0 Å². The Hall–Kier alpha value is -3.03. The predicted octanol–water partition coefficient (Wildman–Crippen LogP) is 1.91. The van der Waals surface area contributed by atoms with Gasteiger partial charge in [-0.3, -0.25) is 13.9 Å². The number of nitriles is 1. The van der Waals surface area contributed by atoms with Gasteiger partial charge in [-0.05, 0) is 18.2 Å². The molecule has 30 heavy (non-hydrogen) atoms. The minimum atomic E-state index is -0.600. The molecule has 0 unspecified atom stereocenters. The van der Waals surface area contributed by atoms with Gasteiger partial charge in [0, 0.05) is 42.8 Å². The first-order valence-corrected chi connectivity index (χ1v) is 9.96. The van der Waals surface area contributed by atoms with Crippen molar-refractivity contribution in [1.29, 1.82) is 5.26 Å². The topological polar surface area (TPSA) is 93.2 Å². The molecule has 1 aliphatic rings. The van der Waals surface area contributed by atoms with Crippen LogP contribution in [0.1, 0.15) is 5.56 Å². The minimum Gasteiger partial charge on any atom is -0.378 e. The number of aryl methyl sites for hydroxylation is 1. The van der Waals surface area contributed by atoms with Gasteiger partial charge in [0.05, 0.1) is 18.6 Å². The summed E-state index contributed by atoms with van der Waals surface area (Å²) in [6.07, 6.45) is 0. The Morgan fingerprint density at radius 3 is 2.57 bits per heavy atom. The largest absolute Gasteiger partial charge is 0.378 e. The average Bonchev–Trinajstić information content (AvgIpc) is 2.77. The first kappa shape index (κ1) is 20.3. The molecule has 0 amide bonds. The fraction of sp³-hybridized carbons (Fsp3) is 0.300. The van der Waals surface area contributed by atoms with Crippen molar-refractivity contribution in [1.82, 2.24) is 14.1 Å². The van der Waals surface area contributed by atoms with Gasteiger partial charge in [0.1, 0.15) is 23.3 Å². The number of aromatic nitrogens is 3. The molecule has 1 saturated heterocycles. The summed E-state index contributed by atoms with van der Waals surface area (Å²) < 4.78 is 22.3. The molecule has 4 rings (SSSR count). The Kier molecular flexibility index (Phi) is 5.17. The van der Waals surface area contributed by atoms with Crippen molar-refractivity contribution >= 4 is 32.8 Å². The van der Waals surface area contributed by atoms with Crippen LogP contribution in [0.15, 0.2) is 32.3 Å². The van der Waals surface area contributed by atoms with Crippen LogP contribution >= 0.6 is 15.9 Å². The van der Waals surface area contributed by atoms with Gasteiger partial charge < -0.3 is 9.64 Å². The SMILES string of the molecule is Cn1c(=O)c2c(-c3cc(F)ccc3Br)c(C#N)c(N3CCOCC3)nc2n(C)c1=O. The standard InChI is InChI=1S/C20H17BrFN5O3/c1-25-18-16(19(28)26(2)20(25)29)15(12-9-11(22)3-4-14(12)21)13(10-23)17(24-18)27-5-7-30-8-6-27/h3-4,9H,5-8H2,1-2H3. The molecular weight excluding hydrogens is 457 g/mol. The highest BCUT2D eigenvalue weighted by molar-refractivity contribution is 9.10. The van der Waals surface area contributed by atoms with Crippen molar-refractivity contribution in [3.8, 4) is 17.2 Å². The highest BCUT2D eigenvalue weighted by atomic mass is 79.9. The van der Waals surface area contributed by atoms with E-state index in [0.29, 0.717) is 42.2 Å². The van der Waals surface area contributed by atoms with Crippen LogP contribution in [-0.2, 0) is 18.8 Å². The lowest BCUT2D eigenvalue weighted by atomic mass is 9.97. The van der Waals surface area contributed by atoms with Crippen molar-refractivity contribution in [2.24, 2.45) is 14.1 Å². The van der Waals surface area contributed by atoms with Crippen LogP contribution in [0.25, 0.3) is 22.2 Å². The molecule has 0 atom stereocenters. The molecule has 154 valence electrons. The zero-order chi connectivity index (χ0) is 21.6. The number of hydrogen-bond donors (Lipinski definition) is 0. The fourth-order valence-electron chi connectivity index (χ4n) is 3.64. The third-order valence-electron chi connectivity index (χ3n) is 5.19. The monoisotopic (exact) mass is 473 g/mol. The number of morpholine rings is 1. The number of pyridine rings is 1. The van der Waals surface area contributed by atoms with Crippen LogP contribution in [0.4, 0.5) is 10.2 Å². The summed E-state index contributed by atoms with van der Waals surface area (Å²) in [5, 5.41) is 10.1. The number of rotatable bonds is 2. The first-order chi connectivity index (χ1) is 14.3. The van der Waals surface area contributed by atoms with E-state index in [1.165, 1.54) is 36.9 Å². The second-order valence-electron chi connectivity index (χ2n) is 6.93. The Labute approximate surface area is 178 Å². The van der Waals surface area contributed by atoms with Crippen LogP contribution in [0.5, 0.6) is 0 Å². The van der Waals surface area contributed by atoms with E-state index in [9.17, 15) is 19.2 Å². The van der Waals surface area contributed by atoms with E-state index in [1.54, 1.807) is 0 Å². The molecular formula is C20H17BrFN5O3. The van der Waals surface area contributed by atoms with E-state index in [4.69, 9.17) is 4.74 Å². The number of nitrogens with zero attached hydrogens (tertiary/aromatic N) is 5. The van der Waals surface area contributed by atoms with Crippen LogP contribution in [0, 0.1) is 17.1 Å². The van der Waals surface area contributed by atoms with Crippen molar-refractivity contribution in [2.75, 3.05) is 31.2 Å². The van der Waals surface area contributed by atoms with Crippen LogP contribution in [0.2, 0.25) is 0 Å². The van der Waals surface area contributed by atoms with E-state index >= 15 is 0 Å². The van der Waals surface area contributed by atoms with E-state index in [-0.39, 0.29) is 22.2 Å². The molecule has 1 aromatic carbocycles. The van der Waals surface area contributed by atoms with Crippen molar-refractivity contribution in [3.05, 3.63) is 54.9 Å². The van der Waals surface area contributed by atoms with E-state index in [0.717, 1.165) is 4.57 Å². The van der Waals surface area contributed by atoms with Gasteiger partial charge in [-0.15, -0.1) is 0 Å². The van der Waals surface area contributed by atoms with Crippen LogP contribution < -0.4 is 16.1 Å². The average molecular weight is 474 g/mol. The number of hydrogen-bond acceptors (Lipinski definition) is 6. The van der Waals surface area contributed by atoms with Gasteiger partial charge >= 0.3 is 5.69 Å². The zero-order valence-corrected chi connectivity index (χ0v) is 17.9. The lowest BCUT2D eigenvalue weighted by molar-refractivity contribution is 0.122. The zero-order valence-electron chi connectivity index (χ0n) is 16.3. The third kappa shape index (κ3) is 3.11. The fourth-order valence-corrected chi connectivity index (χ4v) is 4.09. The molecule has 3 aromatic rings. The van der Waals surface area contributed by atoms with E-state index < -0.39 is 17.1 Å². The summed E-state index contributed by atoms with van der Waals surface area (Å²) in [4.78, 5) is 32.1. The Morgan fingerprint density at radius 1 is 1.20 bits per heavy atom. The van der Waals surface area contributed by atoms with Gasteiger partial charge in [0.25, 0.3) is 5.56 Å². The smallest absolute Gasteiger partial charge is 0.332 e. The first-order valence-electron chi connectivity index (χ1n) is 9.17. The molecule has 2 aromatic heterocycles. The maximum Gasteiger partial charge on any atom is 0.332 e. The van der Waals surface area contributed by atoms with E-state index in [2.05, 4.69) is 27.0 Å². The quantitative estimate of drug-likeness (QED) is 0.564. The summed E-state index contributed by atoms with van der Waals surface area (Å²) in [6.45, 7) is 1.91. The molecule has 8 nitrogen and oxygen atoms in total. The van der Waals surface area contributed by atoms with Crippen LogP contribution in [0.3, 0.4) is 0 Å². The Balaban J connectivity index is 2.24. The second kappa shape index (κ2) is 7.66. The lowest BCUT2D eigenvalue weighted by Gasteiger charge is -2.29. The van der Waals surface area contributed by atoms with Gasteiger partial charge in [-0.1, -0.05) is 15.9 Å². The number of anilines is 1.